The zero-order valence-electron chi connectivity index (χ0n) is 18.9. The minimum absolute atomic E-state index is 0.000377. The number of nitrogens with one attached hydrogen (secondary N) is 1. The summed E-state index contributed by atoms with van der Waals surface area (Å²) < 4.78 is 60.7. The monoisotopic (exact) mass is 507 g/mol. The summed E-state index contributed by atoms with van der Waals surface area (Å²) >= 11 is 0. The topological polar surface area (TPSA) is 96.8 Å². The fourth-order valence-corrected chi connectivity index (χ4v) is 4.96. The molecule has 36 heavy (non-hydrogen) atoms. The van der Waals surface area contributed by atoms with Gasteiger partial charge < -0.3 is 9.64 Å². The molecule has 0 saturated carbocycles. The van der Waals surface area contributed by atoms with E-state index < -0.39 is 26.6 Å². The summed E-state index contributed by atoms with van der Waals surface area (Å²) in [5.74, 6) is -2.10. The third-order valence-corrected chi connectivity index (χ3v) is 6.95. The second-order valence-electron chi connectivity index (χ2n) is 7.81. The molecular weight excluding hydrogens is 488 g/mol. The van der Waals surface area contributed by atoms with Crippen molar-refractivity contribution in [2.45, 2.75) is 4.90 Å². The van der Waals surface area contributed by atoms with E-state index in [1.165, 1.54) is 13.2 Å². The standard InChI is InChI=1S/C25H19F2N5O3S/c1-35-25-22(31-36(33,34)24-5-3-18(26)14-20(24)27)13-17(15-30-25)16-2-4-21-19(12-16)23(6-7-29-21)32-10-8-28-9-11-32/h2-10,12-15,31H,11H2,1H3. The van der Waals surface area contributed by atoms with E-state index in [9.17, 15) is 17.2 Å². The van der Waals surface area contributed by atoms with E-state index in [0.29, 0.717) is 18.2 Å². The van der Waals surface area contributed by atoms with Gasteiger partial charge in [-0.05, 0) is 42.0 Å². The number of hydrogen-bond donors (Lipinski definition) is 1. The maximum absolute atomic E-state index is 14.2. The third-order valence-electron chi connectivity index (χ3n) is 5.55. The first-order chi connectivity index (χ1) is 17.4. The number of benzene rings is 2. The van der Waals surface area contributed by atoms with Crippen LogP contribution in [0.4, 0.5) is 20.2 Å². The zero-order chi connectivity index (χ0) is 25.3. The maximum atomic E-state index is 14.2. The molecule has 5 rings (SSSR count). The summed E-state index contributed by atoms with van der Waals surface area (Å²) in [6.45, 7) is 0.607. The van der Waals surface area contributed by atoms with Crippen LogP contribution in [0.2, 0.25) is 0 Å². The Morgan fingerprint density at radius 1 is 1.03 bits per heavy atom. The Morgan fingerprint density at radius 2 is 1.89 bits per heavy atom. The summed E-state index contributed by atoms with van der Waals surface area (Å²) in [5.41, 5.74) is 3.04. The lowest BCUT2D eigenvalue weighted by Crippen LogP contribution is -2.20. The summed E-state index contributed by atoms with van der Waals surface area (Å²) in [7, 11) is -3.06. The fraction of sp³-hybridized carbons (Fsp3) is 0.0800. The van der Waals surface area contributed by atoms with Gasteiger partial charge in [-0.2, -0.15) is 0 Å². The Hall–Kier alpha value is -4.38. The molecule has 1 N–H and O–H groups in total. The van der Waals surface area contributed by atoms with Crippen LogP contribution in [-0.4, -0.2) is 38.3 Å². The molecule has 0 bridgehead atoms. The first kappa shape index (κ1) is 23.4. The molecule has 4 aromatic rings. The van der Waals surface area contributed by atoms with Gasteiger partial charge in [-0.15, -0.1) is 0 Å². The second kappa shape index (κ2) is 9.34. The maximum Gasteiger partial charge on any atom is 0.264 e. The van der Waals surface area contributed by atoms with Crippen molar-refractivity contribution in [2.24, 2.45) is 4.99 Å². The second-order valence-corrected chi connectivity index (χ2v) is 9.46. The number of fused-ring (bicyclic) bond motifs is 1. The van der Waals surface area contributed by atoms with E-state index in [1.54, 1.807) is 24.8 Å². The Bertz CT molecular complexity index is 1640. The van der Waals surface area contributed by atoms with E-state index in [-0.39, 0.29) is 11.6 Å². The molecule has 0 spiro atoms. The van der Waals surface area contributed by atoms with Gasteiger partial charge in [0.05, 0.1) is 24.9 Å². The zero-order valence-corrected chi connectivity index (χ0v) is 19.7. The summed E-state index contributed by atoms with van der Waals surface area (Å²) in [5, 5.41) is 0.876. The minimum Gasteiger partial charge on any atom is -0.480 e. The number of ether oxygens (including phenoxy) is 1. The number of aliphatic imine (C=N–C) groups is 1. The third kappa shape index (κ3) is 4.48. The molecule has 0 aliphatic carbocycles. The number of nitrogens with zero attached hydrogens (tertiary/aromatic N) is 4. The molecule has 1 aliphatic heterocycles. The number of methoxy groups -OCH3 is 1. The average molecular weight is 508 g/mol. The van der Waals surface area contributed by atoms with Crippen LogP contribution in [0.3, 0.4) is 0 Å². The molecule has 182 valence electrons. The van der Waals surface area contributed by atoms with Crippen molar-refractivity contribution in [1.82, 2.24) is 9.97 Å². The molecule has 0 saturated heterocycles. The van der Waals surface area contributed by atoms with Gasteiger partial charge in [0, 0.05) is 48.0 Å². The molecule has 0 unspecified atom stereocenters. The van der Waals surface area contributed by atoms with Gasteiger partial charge in [0.15, 0.2) is 0 Å². The molecule has 11 heteroatoms. The Labute approximate surface area is 205 Å². The summed E-state index contributed by atoms with van der Waals surface area (Å²) in [4.78, 5) is 14.1. The molecule has 3 heterocycles. The number of halogens is 2. The van der Waals surface area contributed by atoms with Gasteiger partial charge in [0.25, 0.3) is 10.0 Å². The van der Waals surface area contributed by atoms with Crippen molar-refractivity contribution < 1.29 is 21.9 Å². The number of hydrogen-bond acceptors (Lipinski definition) is 7. The highest BCUT2D eigenvalue weighted by molar-refractivity contribution is 7.92. The summed E-state index contributed by atoms with van der Waals surface area (Å²) in [6.07, 6.45) is 8.64. The van der Waals surface area contributed by atoms with Gasteiger partial charge in [0.2, 0.25) is 5.88 Å². The molecule has 0 amide bonds. The van der Waals surface area contributed by atoms with Gasteiger partial charge in [-0.1, -0.05) is 6.07 Å². The molecule has 0 radical (unpaired) electrons. The van der Waals surface area contributed by atoms with Crippen LogP contribution in [0.15, 0.2) is 83.2 Å². The van der Waals surface area contributed by atoms with Crippen molar-refractivity contribution in [2.75, 3.05) is 23.3 Å². The van der Waals surface area contributed by atoms with Crippen LogP contribution in [0.1, 0.15) is 0 Å². The molecule has 8 nitrogen and oxygen atoms in total. The van der Waals surface area contributed by atoms with Crippen molar-refractivity contribution in [3.63, 3.8) is 0 Å². The van der Waals surface area contributed by atoms with Crippen LogP contribution < -0.4 is 14.4 Å². The fourth-order valence-electron chi connectivity index (χ4n) is 3.85. The largest absolute Gasteiger partial charge is 0.480 e. The van der Waals surface area contributed by atoms with E-state index >= 15 is 0 Å². The van der Waals surface area contributed by atoms with Crippen LogP contribution in [0.25, 0.3) is 22.0 Å². The highest BCUT2D eigenvalue weighted by Gasteiger charge is 2.22. The average Bonchev–Trinajstić information content (AvgIpc) is 2.88. The van der Waals surface area contributed by atoms with E-state index in [4.69, 9.17) is 4.74 Å². The smallest absolute Gasteiger partial charge is 0.264 e. The molecule has 2 aromatic carbocycles. The predicted molar refractivity (Wildman–Crippen MR) is 134 cm³/mol. The molecule has 1 aliphatic rings. The first-order valence-electron chi connectivity index (χ1n) is 10.7. The normalized spacial score (nSPS) is 13.2. The predicted octanol–water partition coefficient (Wildman–Crippen LogP) is 4.75. The van der Waals surface area contributed by atoms with E-state index in [2.05, 4.69) is 19.7 Å². The van der Waals surface area contributed by atoms with Crippen LogP contribution in [-0.2, 0) is 10.0 Å². The van der Waals surface area contributed by atoms with Gasteiger partial charge >= 0.3 is 0 Å². The van der Waals surface area contributed by atoms with Crippen molar-refractivity contribution in [3.8, 4) is 17.0 Å². The van der Waals surface area contributed by atoms with Gasteiger partial charge in [-0.25, -0.2) is 22.2 Å². The van der Waals surface area contributed by atoms with E-state index in [0.717, 1.165) is 34.3 Å². The Morgan fingerprint density at radius 3 is 2.64 bits per heavy atom. The number of rotatable bonds is 6. The van der Waals surface area contributed by atoms with Crippen molar-refractivity contribution in [3.05, 3.63) is 85.0 Å². The molecule has 2 aromatic heterocycles. The lowest BCUT2D eigenvalue weighted by atomic mass is 10.0. The van der Waals surface area contributed by atoms with Crippen molar-refractivity contribution in [1.29, 1.82) is 0 Å². The van der Waals surface area contributed by atoms with Crippen LogP contribution >= 0.6 is 0 Å². The van der Waals surface area contributed by atoms with Gasteiger partial charge in [0.1, 0.15) is 22.2 Å². The SMILES string of the molecule is COc1ncc(-c2ccc3nccc(N4C=CN=CC4)c3c2)cc1NS(=O)(=O)c1ccc(F)cc1F. The highest BCUT2D eigenvalue weighted by Crippen LogP contribution is 2.34. The quantitative estimate of drug-likeness (QED) is 0.405. The first-order valence-corrected chi connectivity index (χ1v) is 12.2. The number of sulfonamides is 1. The number of aromatic nitrogens is 2. The van der Waals surface area contributed by atoms with Gasteiger partial charge in [-0.3, -0.25) is 14.7 Å². The number of anilines is 2. The molecule has 0 atom stereocenters. The lowest BCUT2D eigenvalue weighted by molar-refractivity contribution is 0.400. The number of pyridine rings is 2. The van der Waals surface area contributed by atoms with Crippen molar-refractivity contribution >= 4 is 38.5 Å². The summed E-state index contributed by atoms with van der Waals surface area (Å²) in [6, 6.07) is 11.3. The lowest BCUT2D eigenvalue weighted by Gasteiger charge is -2.22. The molecule has 0 fully saturated rings. The minimum atomic E-state index is -4.40. The Kier molecular flexibility index (Phi) is 6.06. The Balaban J connectivity index is 1.55. The van der Waals surface area contributed by atoms with Crippen LogP contribution in [0, 0.1) is 11.6 Å². The van der Waals surface area contributed by atoms with Crippen LogP contribution in [0.5, 0.6) is 5.88 Å². The highest BCUT2D eigenvalue weighted by atomic mass is 32.2. The molecular formula is C25H19F2N5O3S. The van der Waals surface area contributed by atoms with E-state index in [1.807, 2.05) is 35.4 Å².